The molecule has 0 amide bonds. The Kier molecular flexibility index (Phi) is 2.96. The Hall–Kier alpha value is -2.32. The first-order chi connectivity index (χ1) is 9.57. The molecule has 102 valence electrons. The van der Waals surface area contributed by atoms with Crippen molar-refractivity contribution in [2.24, 2.45) is 5.14 Å². The second kappa shape index (κ2) is 4.66. The molecule has 8 heteroatoms. The Bertz CT molecular complexity index is 844. The molecule has 0 aliphatic heterocycles. The highest BCUT2D eigenvalue weighted by Gasteiger charge is 2.28. The summed E-state index contributed by atoms with van der Waals surface area (Å²) in [6.45, 7) is 0. The first-order valence-corrected chi connectivity index (χ1v) is 7.37. The molecule has 3 heterocycles. The molecule has 0 radical (unpaired) electrons. The van der Waals surface area contributed by atoms with Crippen molar-refractivity contribution in [1.29, 1.82) is 0 Å². The van der Waals surface area contributed by atoms with Gasteiger partial charge in [0.25, 0.3) is 0 Å². The van der Waals surface area contributed by atoms with Crippen LogP contribution in [0.5, 0.6) is 0 Å². The SMILES string of the molecule is NS(=O)(=O)C(c1ccccn1)n1ccc2cncnc21. The molecular formula is C12H11N5O2S. The van der Waals surface area contributed by atoms with Crippen molar-refractivity contribution in [3.8, 4) is 0 Å². The van der Waals surface area contributed by atoms with Crippen molar-refractivity contribution in [1.82, 2.24) is 19.5 Å². The van der Waals surface area contributed by atoms with Gasteiger partial charge in [-0.15, -0.1) is 0 Å². The predicted molar refractivity (Wildman–Crippen MR) is 73.0 cm³/mol. The number of sulfonamides is 1. The fourth-order valence-electron chi connectivity index (χ4n) is 2.08. The van der Waals surface area contributed by atoms with Gasteiger partial charge in [-0.3, -0.25) is 4.98 Å². The van der Waals surface area contributed by atoms with E-state index in [1.54, 1.807) is 36.7 Å². The molecule has 0 saturated heterocycles. The lowest BCUT2D eigenvalue weighted by Crippen LogP contribution is -2.28. The first-order valence-electron chi connectivity index (χ1n) is 5.76. The summed E-state index contributed by atoms with van der Waals surface area (Å²) in [5.74, 6) is 0. The highest BCUT2D eigenvalue weighted by Crippen LogP contribution is 2.25. The summed E-state index contributed by atoms with van der Waals surface area (Å²) < 4.78 is 25.4. The molecule has 0 bridgehead atoms. The van der Waals surface area contributed by atoms with Gasteiger partial charge in [-0.25, -0.2) is 23.5 Å². The van der Waals surface area contributed by atoms with Crippen molar-refractivity contribution in [2.45, 2.75) is 5.37 Å². The van der Waals surface area contributed by atoms with E-state index in [9.17, 15) is 8.42 Å². The number of hydrogen-bond acceptors (Lipinski definition) is 5. The lowest BCUT2D eigenvalue weighted by molar-refractivity contribution is 0.569. The number of hydrogen-bond donors (Lipinski definition) is 1. The van der Waals surface area contributed by atoms with Gasteiger partial charge in [0.15, 0.2) is 5.37 Å². The maximum Gasteiger partial charge on any atom is 0.236 e. The number of primary sulfonamides is 1. The third-order valence-electron chi connectivity index (χ3n) is 2.88. The quantitative estimate of drug-likeness (QED) is 0.762. The van der Waals surface area contributed by atoms with Gasteiger partial charge < -0.3 is 4.57 Å². The molecule has 3 aromatic rings. The predicted octanol–water partition coefficient (Wildman–Crippen LogP) is 0.662. The second-order valence-electron chi connectivity index (χ2n) is 4.22. The topological polar surface area (TPSA) is 104 Å². The third-order valence-corrected chi connectivity index (χ3v) is 3.97. The normalized spacial score (nSPS) is 13.4. The third kappa shape index (κ3) is 2.15. The van der Waals surface area contributed by atoms with Crippen molar-refractivity contribution in [2.75, 3.05) is 0 Å². The van der Waals surface area contributed by atoms with Crippen LogP contribution >= 0.6 is 0 Å². The van der Waals surface area contributed by atoms with Crippen LogP contribution in [0.4, 0.5) is 0 Å². The van der Waals surface area contributed by atoms with Crippen LogP contribution in [0.1, 0.15) is 11.1 Å². The zero-order valence-corrected chi connectivity index (χ0v) is 11.1. The Morgan fingerprint density at radius 2 is 2.05 bits per heavy atom. The molecule has 0 saturated carbocycles. The van der Waals surface area contributed by atoms with Gasteiger partial charge in [-0.2, -0.15) is 0 Å². The lowest BCUT2D eigenvalue weighted by atomic mass is 10.3. The molecule has 1 atom stereocenters. The van der Waals surface area contributed by atoms with Gasteiger partial charge in [0.1, 0.15) is 12.0 Å². The minimum atomic E-state index is -3.89. The summed E-state index contributed by atoms with van der Waals surface area (Å²) in [6, 6.07) is 6.76. The standard InChI is InChI=1S/C12H11N5O2S/c13-20(18,19)12(10-3-1-2-5-15-10)17-6-4-9-7-14-8-16-11(9)17/h1-8,12H,(H2,13,18,19). The fraction of sp³-hybridized carbons (Fsp3) is 0.0833. The van der Waals surface area contributed by atoms with Crippen LogP contribution < -0.4 is 5.14 Å². The summed E-state index contributed by atoms with van der Waals surface area (Å²) >= 11 is 0. The first kappa shape index (κ1) is 12.7. The highest BCUT2D eigenvalue weighted by atomic mass is 32.2. The maximum atomic E-state index is 11.9. The monoisotopic (exact) mass is 289 g/mol. The Labute approximate surface area is 115 Å². The van der Waals surface area contributed by atoms with E-state index >= 15 is 0 Å². The molecule has 2 N–H and O–H groups in total. The van der Waals surface area contributed by atoms with Gasteiger partial charge in [0.05, 0.1) is 5.69 Å². The molecule has 3 aromatic heterocycles. The molecule has 0 aliphatic rings. The van der Waals surface area contributed by atoms with Crippen LogP contribution in [0.2, 0.25) is 0 Å². The molecule has 1 unspecified atom stereocenters. The Morgan fingerprint density at radius 3 is 2.75 bits per heavy atom. The Morgan fingerprint density at radius 1 is 1.20 bits per heavy atom. The van der Waals surface area contributed by atoms with E-state index in [-0.39, 0.29) is 0 Å². The van der Waals surface area contributed by atoms with E-state index in [2.05, 4.69) is 15.0 Å². The van der Waals surface area contributed by atoms with E-state index < -0.39 is 15.4 Å². The molecule has 20 heavy (non-hydrogen) atoms. The summed E-state index contributed by atoms with van der Waals surface area (Å²) in [5.41, 5.74) is 0.829. The Balaban J connectivity index is 2.26. The van der Waals surface area contributed by atoms with Crippen LogP contribution in [0.3, 0.4) is 0 Å². The smallest absolute Gasteiger partial charge is 0.236 e. The van der Waals surface area contributed by atoms with Gasteiger partial charge >= 0.3 is 0 Å². The van der Waals surface area contributed by atoms with Crippen LogP contribution in [-0.4, -0.2) is 27.9 Å². The van der Waals surface area contributed by atoms with Crippen LogP contribution in [0.25, 0.3) is 11.0 Å². The highest BCUT2D eigenvalue weighted by molar-refractivity contribution is 7.89. The van der Waals surface area contributed by atoms with Crippen LogP contribution in [-0.2, 0) is 10.0 Å². The number of fused-ring (bicyclic) bond motifs is 1. The lowest BCUT2D eigenvalue weighted by Gasteiger charge is -2.16. The molecule has 3 rings (SSSR count). The van der Waals surface area contributed by atoms with Gasteiger partial charge in [-0.05, 0) is 18.2 Å². The number of nitrogens with zero attached hydrogens (tertiary/aromatic N) is 4. The maximum absolute atomic E-state index is 11.9. The van der Waals surface area contributed by atoms with Crippen molar-refractivity contribution in [3.05, 3.63) is 54.9 Å². The minimum Gasteiger partial charge on any atom is -0.308 e. The summed E-state index contributed by atoms with van der Waals surface area (Å²) in [7, 11) is -3.89. The summed E-state index contributed by atoms with van der Waals surface area (Å²) in [4.78, 5) is 12.1. The largest absolute Gasteiger partial charge is 0.308 e. The zero-order valence-electron chi connectivity index (χ0n) is 10.3. The molecule has 0 spiro atoms. The average Bonchev–Trinajstić information content (AvgIpc) is 2.83. The zero-order chi connectivity index (χ0) is 14.2. The number of nitrogens with two attached hydrogens (primary N) is 1. The van der Waals surface area contributed by atoms with E-state index in [1.807, 2.05) is 0 Å². The molecule has 0 fully saturated rings. The second-order valence-corrected chi connectivity index (χ2v) is 5.85. The fourth-order valence-corrected chi connectivity index (χ4v) is 3.04. The number of rotatable bonds is 3. The molecule has 0 aromatic carbocycles. The van der Waals surface area contributed by atoms with Crippen molar-refractivity contribution in [3.63, 3.8) is 0 Å². The van der Waals surface area contributed by atoms with Crippen molar-refractivity contribution < 1.29 is 8.42 Å². The van der Waals surface area contributed by atoms with E-state index in [0.29, 0.717) is 11.3 Å². The van der Waals surface area contributed by atoms with Crippen LogP contribution in [0, 0.1) is 0 Å². The average molecular weight is 289 g/mol. The van der Waals surface area contributed by atoms with Gasteiger partial charge in [0.2, 0.25) is 10.0 Å². The van der Waals surface area contributed by atoms with Gasteiger partial charge in [0, 0.05) is 24.0 Å². The van der Waals surface area contributed by atoms with Gasteiger partial charge in [-0.1, -0.05) is 6.07 Å². The van der Waals surface area contributed by atoms with E-state index in [1.165, 1.54) is 17.1 Å². The van der Waals surface area contributed by atoms with Crippen molar-refractivity contribution >= 4 is 21.1 Å². The minimum absolute atomic E-state index is 0.339. The summed E-state index contributed by atoms with van der Waals surface area (Å²) in [5, 5.41) is 4.98. The van der Waals surface area contributed by atoms with E-state index in [0.717, 1.165) is 5.39 Å². The molecule has 0 aliphatic carbocycles. The molecule has 7 nitrogen and oxygen atoms in total. The number of aromatic nitrogens is 4. The van der Waals surface area contributed by atoms with E-state index in [4.69, 9.17) is 5.14 Å². The molecular weight excluding hydrogens is 278 g/mol. The number of pyridine rings is 1. The van der Waals surface area contributed by atoms with Crippen LogP contribution in [0.15, 0.2) is 49.2 Å². The summed E-state index contributed by atoms with van der Waals surface area (Å²) in [6.07, 6.45) is 6.10.